The van der Waals surface area contributed by atoms with Crippen molar-refractivity contribution in [3.05, 3.63) is 34.9 Å². The van der Waals surface area contributed by atoms with E-state index in [4.69, 9.17) is 5.73 Å². The lowest BCUT2D eigenvalue weighted by Gasteiger charge is -2.15. The van der Waals surface area contributed by atoms with Crippen molar-refractivity contribution in [2.24, 2.45) is 11.1 Å². The van der Waals surface area contributed by atoms with Gasteiger partial charge in [-0.15, -0.1) is 0 Å². The lowest BCUT2D eigenvalue weighted by molar-refractivity contribution is 0.0905. The molecule has 2 rings (SSSR count). The van der Waals surface area contributed by atoms with Gasteiger partial charge in [-0.2, -0.15) is 0 Å². The van der Waals surface area contributed by atoms with E-state index in [-0.39, 0.29) is 11.2 Å². The number of hydrogen-bond donors (Lipinski definition) is 1. The molecule has 1 aliphatic carbocycles. The maximum atomic E-state index is 12.5. The number of aryl methyl sites for hydroxylation is 1. The van der Waals surface area contributed by atoms with Crippen LogP contribution in [0, 0.1) is 12.3 Å². The lowest BCUT2D eigenvalue weighted by atomic mass is 9.89. The molecule has 1 aliphatic rings. The van der Waals surface area contributed by atoms with E-state index in [0.29, 0.717) is 12.5 Å². The Morgan fingerprint density at radius 2 is 2.06 bits per heavy atom. The molecular formula is C15H21NO. The molecule has 2 heteroatoms. The normalized spacial score (nSPS) is 17.2. The van der Waals surface area contributed by atoms with Crippen LogP contribution in [0.2, 0.25) is 0 Å². The molecule has 1 saturated carbocycles. The van der Waals surface area contributed by atoms with Crippen LogP contribution in [-0.4, -0.2) is 12.3 Å². The number of benzene rings is 1. The lowest BCUT2D eigenvalue weighted by Crippen LogP contribution is -2.26. The summed E-state index contributed by atoms with van der Waals surface area (Å²) in [6.07, 6.45) is 1.90. The van der Waals surface area contributed by atoms with E-state index in [0.717, 1.165) is 24.0 Å². The van der Waals surface area contributed by atoms with Gasteiger partial charge in [0, 0.05) is 17.5 Å². The standard InChI is InChI=1S/C15H21NO/c1-10(2)12-5-4-11(3)13(8-12)14(17)15(9-16)6-7-15/h4-5,8,10H,6-7,9,16H2,1-3H3. The average molecular weight is 231 g/mol. The smallest absolute Gasteiger partial charge is 0.170 e. The number of nitrogens with two attached hydrogens (primary N) is 1. The molecule has 2 N–H and O–H groups in total. The summed E-state index contributed by atoms with van der Waals surface area (Å²) in [7, 11) is 0. The van der Waals surface area contributed by atoms with Crippen molar-refractivity contribution in [3.63, 3.8) is 0 Å². The maximum absolute atomic E-state index is 12.5. The molecule has 0 saturated heterocycles. The Labute approximate surface area is 103 Å². The van der Waals surface area contributed by atoms with Gasteiger partial charge in [0.05, 0.1) is 0 Å². The van der Waals surface area contributed by atoms with Crippen LogP contribution in [0.3, 0.4) is 0 Å². The third kappa shape index (κ3) is 2.14. The third-order valence-corrected chi connectivity index (χ3v) is 3.90. The number of hydrogen-bond acceptors (Lipinski definition) is 2. The Balaban J connectivity index is 2.37. The molecule has 0 radical (unpaired) electrons. The van der Waals surface area contributed by atoms with Crippen molar-refractivity contribution in [1.82, 2.24) is 0 Å². The summed E-state index contributed by atoms with van der Waals surface area (Å²) in [5.41, 5.74) is 8.67. The molecule has 1 aromatic carbocycles. The van der Waals surface area contributed by atoms with Crippen LogP contribution in [0.5, 0.6) is 0 Å². The molecular weight excluding hydrogens is 210 g/mol. The van der Waals surface area contributed by atoms with E-state index in [2.05, 4.69) is 32.0 Å². The second kappa shape index (κ2) is 4.26. The van der Waals surface area contributed by atoms with Gasteiger partial charge in [-0.1, -0.05) is 26.0 Å². The van der Waals surface area contributed by atoms with Crippen LogP contribution in [0.1, 0.15) is 54.1 Å². The van der Waals surface area contributed by atoms with E-state index in [1.165, 1.54) is 5.56 Å². The highest BCUT2D eigenvalue weighted by Gasteiger charge is 2.48. The Kier molecular flexibility index (Phi) is 3.09. The molecule has 0 spiro atoms. The quantitative estimate of drug-likeness (QED) is 0.809. The van der Waals surface area contributed by atoms with E-state index in [9.17, 15) is 4.79 Å². The fourth-order valence-electron chi connectivity index (χ4n) is 2.20. The Hall–Kier alpha value is -1.15. The van der Waals surface area contributed by atoms with Gasteiger partial charge in [-0.05, 0) is 42.9 Å². The number of rotatable bonds is 4. The van der Waals surface area contributed by atoms with Crippen LogP contribution in [0.4, 0.5) is 0 Å². The molecule has 0 amide bonds. The third-order valence-electron chi connectivity index (χ3n) is 3.90. The highest BCUT2D eigenvalue weighted by Crippen LogP contribution is 2.47. The molecule has 0 unspecified atom stereocenters. The maximum Gasteiger partial charge on any atom is 0.170 e. The molecule has 0 atom stereocenters. The van der Waals surface area contributed by atoms with E-state index in [1.807, 2.05) is 6.92 Å². The number of carbonyl (C=O) groups is 1. The van der Waals surface area contributed by atoms with Crippen LogP contribution in [0.15, 0.2) is 18.2 Å². The van der Waals surface area contributed by atoms with Crippen molar-refractivity contribution in [1.29, 1.82) is 0 Å². The van der Waals surface area contributed by atoms with Gasteiger partial charge in [0.1, 0.15) is 0 Å². The zero-order valence-electron chi connectivity index (χ0n) is 10.9. The van der Waals surface area contributed by atoms with Crippen molar-refractivity contribution in [2.45, 2.75) is 39.5 Å². The zero-order valence-corrected chi connectivity index (χ0v) is 10.9. The predicted octanol–water partition coefficient (Wildman–Crippen LogP) is 3.04. The first-order chi connectivity index (χ1) is 8.00. The summed E-state index contributed by atoms with van der Waals surface area (Å²) in [6, 6.07) is 6.21. The average Bonchev–Trinajstić information content (AvgIpc) is 3.09. The molecule has 0 bridgehead atoms. The van der Waals surface area contributed by atoms with Gasteiger partial charge >= 0.3 is 0 Å². The SMILES string of the molecule is Cc1ccc(C(C)C)cc1C(=O)C1(CN)CC1. The molecule has 2 nitrogen and oxygen atoms in total. The summed E-state index contributed by atoms with van der Waals surface area (Å²) in [5, 5.41) is 0. The first-order valence-electron chi connectivity index (χ1n) is 6.35. The van der Waals surface area contributed by atoms with Gasteiger partial charge in [0.15, 0.2) is 5.78 Å². The molecule has 0 heterocycles. The molecule has 1 fully saturated rings. The van der Waals surface area contributed by atoms with Crippen LogP contribution in [0.25, 0.3) is 0 Å². The monoisotopic (exact) mass is 231 g/mol. The topological polar surface area (TPSA) is 43.1 Å². The minimum Gasteiger partial charge on any atom is -0.329 e. The second-order valence-corrected chi connectivity index (χ2v) is 5.54. The van der Waals surface area contributed by atoms with Crippen molar-refractivity contribution in [3.8, 4) is 0 Å². The number of Topliss-reactive ketones (excluding diaryl/α,β-unsaturated/α-hetero) is 1. The summed E-state index contributed by atoms with van der Waals surface area (Å²) < 4.78 is 0. The fraction of sp³-hybridized carbons (Fsp3) is 0.533. The predicted molar refractivity (Wildman–Crippen MR) is 70.3 cm³/mol. The summed E-state index contributed by atoms with van der Waals surface area (Å²) >= 11 is 0. The molecule has 17 heavy (non-hydrogen) atoms. The van der Waals surface area contributed by atoms with Gasteiger partial charge in [-0.25, -0.2) is 0 Å². The summed E-state index contributed by atoms with van der Waals surface area (Å²) in [4.78, 5) is 12.5. The van der Waals surface area contributed by atoms with Gasteiger partial charge in [-0.3, -0.25) is 4.79 Å². The van der Waals surface area contributed by atoms with Crippen molar-refractivity contribution >= 4 is 5.78 Å². The van der Waals surface area contributed by atoms with E-state index < -0.39 is 0 Å². The first kappa shape index (κ1) is 12.3. The van der Waals surface area contributed by atoms with Crippen molar-refractivity contribution in [2.75, 3.05) is 6.54 Å². The Bertz CT molecular complexity index is 444. The minimum absolute atomic E-state index is 0.236. The number of ketones is 1. The molecule has 0 aromatic heterocycles. The zero-order chi connectivity index (χ0) is 12.6. The van der Waals surface area contributed by atoms with Gasteiger partial charge in [0.25, 0.3) is 0 Å². The number of carbonyl (C=O) groups excluding carboxylic acids is 1. The van der Waals surface area contributed by atoms with Gasteiger partial charge in [0.2, 0.25) is 0 Å². The van der Waals surface area contributed by atoms with E-state index >= 15 is 0 Å². The highest BCUT2D eigenvalue weighted by molar-refractivity contribution is 6.03. The molecule has 0 aliphatic heterocycles. The Morgan fingerprint density at radius 1 is 1.41 bits per heavy atom. The summed E-state index contributed by atoms with van der Waals surface area (Å²) in [6.45, 7) is 6.78. The fourth-order valence-corrected chi connectivity index (χ4v) is 2.20. The van der Waals surface area contributed by atoms with Crippen LogP contribution in [-0.2, 0) is 0 Å². The van der Waals surface area contributed by atoms with Crippen LogP contribution < -0.4 is 5.73 Å². The highest BCUT2D eigenvalue weighted by atomic mass is 16.1. The largest absolute Gasteiger partial charge is 0.329 e. The van der Waals surface area contributed by atoms with Crippen molar-refractivity contribution < 1.29 is 4.79 Å². The molecule has 1 aromatic rings. The Morgan fingerprint density at radius 3 is 2.53 bits per heavy atom. The van der Waals surface area contributed by atoms with Crippen LogP contribution >= 0.6 is 0 Å². The first-order valence-corrected chi connectivity index (χ1v) is 6.35. The molecule has 92 valence electrons. The minimum atomic E-state index is -0.236. The van der Waals surface area contributed by atoms with Gasteiger partial charge < -0.3 is 5.73 Å². The van der Waals surface area contributed by atoms with E-state index in [1.54, 1.807) is 0 Å². The summed E-state index contributed by atoms with van der Waals surface area (Å²) in [5.74, 6) is 0.704. The second-order valence-electron chi connectivity index (χ2n) is 5.54.